The van der Waals surface area contributed by atoms with Crippen LogP contribution in [0, 0.1) is 5.92 Å². The summed E-state index contributed by atoms with van der Waals surface area (Å²) in [6, 6.07) is 17.3. The van der Waals surface area contributed by atoms with Crippen molar-refractivity contribution in [1.29, 1.82) is 0 Å². The van der Waals surface area contributed by atoms with Gasteiger partial charge in [-0.05, 0) is 42.5 Å². The molecule has 0 aliphatic carbocycles. The third kappa shape index (κ3) is 7.12. The molecule has 0 fully saturated rings. The summed E-state index contributed by atoms with van der Waals surface area (Å²) < 4.78 is 0.957. The molecule has 2 aromatic rings. The molecule has 2 amide bonds. The molecular weight excluding hydrogens is 416 g/mol. The molecule has 0 aliphatic rings. The van der Waals surface area contributed by atoms with E-state index in [9.17, 15) is 9.59 Å². The van der Waals surface area contributed by atoms with Gasteiger partial charge in [-0.1, -0.05) is 72.2 Å². The predicted molar refractivity (Wildman–Crippen MR) is 117 cm³/mol. The van der Waals surface area contributed by atoms with Gasteiger partial charge in [-0.3, -0.25) is 9.59 Å². The van der Waals surface area contributed by atoms with Gasteiger partial charge in [-0.2, -0.15) is 0 Å². The second-order valence-corrected chi connectivity index (χ2v) is 8.37. The van der Waals surface area contributed by atoms with Crippen LogP contribution in [0.4, 0.5) is 0 Å². The lowest BCUT2D eigenvalue weighted by atomic mass is 10.1. The van der Waals surface area contributed by atoms with Crippen LogP contribution in [0.2, 0.25) is 0 Å². The highest BCUT2D eigenvalue weighted by atomic mass is 79.9. The molecule has 2 aromatic carbocycles. The average molecular weight is 445 g/mol. The largest absolute Gasteiger partial charge is 0.354 e. The first-order valence-corrected chi connectivity index (χ1v) is 10.5. The first kappa shape index (κ1) is 22.2. The molecule has 0 bridgehead atoms. The topological polar surface area (TPSA) is 49.4 Å². The Morgan fingerprint density at radius 1 is 1.00 bits per heavy atom. The standard InChI is InChI=1S/C23H29BrN2O2/c1-17(2)15-25-23(28)18(3)26(16-20-10-7-11-21(24)14-20)22(27)13-12-19-8-5-4-6-9-19/h4-11,14,17-18H,12-13,15-16H2,1-3H3,(H,25,28)/t18-/m1/s1. The van der Waals surface area contributed by atoms with Crippen molar-refractivity contribution in [3.05, 3.63) is 70.2 Å². The third-order valence-electron chi connectivity index (χ3n) is 4.56. The maximum Gasteiger partial charge on any atom is 0.242 e. The molecule has 0 spiro atoms. The second-order valence-electron chi connectivity index (χ2n) is 7.45. The number of halogens is 1. The zero-order valence-corrected chi connectivity index (χ0v) is 18.4. The van der Waals surface area contributed by atoms with Gasteiger partial charge in [-0.25, -0.2) is 0 Å². The Bertz CT molecular complexity index is 777. The van der Waals surface area contributed by atoms with Gasteiger partial charge in [0.25, 0.3) is 0 Å². The van der Waals surface area contributed by atoms with E-state index in [2.05, 4.69) is 35.1 Å². The quantitative estimate of drug-likeness (QED) is 0.615. The molecule has 0 saturated carbocycles. The van der Waals surface area contributed by atoms with Gasteiger partial charge in [0.05, 0.1) is 0 Å². The molecule has 1 atom stereocenters. The fourth-order valence-corrected chi connectivity index (χ4v) is 3.35. The minimum Gasteiger partial charge on any atom is -0.354 e. The number of nitrogens with one attached hydrogen (secondary N) is 1. The lowest BCUT2D eigenvalue weighted by Crippen LogP contribution is -2.48. The summed E-state index contributed by atoms with van der Waals surface area (Å²) in [4.78, 5) is 27.3. The first-order chi connectivity index (χ1) is 13.4. The van der Waals surface area contributed by atoms with Crippen molar-refractivity contribution in [3.63, 3.8) is 0 Å². The number of rotatable bonds is 9. The summed E-state index contributed by atoms with van der Waals surface area (Å²) >= 11 is 3.47. The molecule has 0 unspecified atom stereocenters. The maximum absolute atomic E-state index is 13.0. The Balaban J connectivity index is 2.11. The summed E-state index contributed by atoms with van der Waals surface area (Å²) in [5.41, 5.74) is 2.11. The number of carbonyl (C=O) groups excluding carboxylic acids is 2. The Morgan fingerprint density at radius 3 is 2.32 bits per heavy atom. The van der Waals surface area contributed by atoms with Crippen LogP contribution in [0.1, 0.15) is 38.3 Å². The molecule has 0 heterocycles. The van der Waals surface area contributed by atoms with E-state index in [1.165, 1.54) is 0 Å². The zero-order chi connectivity index (χ0) is 20.5. The number of benzene rings is 2. The van der Waals surface area contributed by atoms with Crippen molar-refractivity contribution in [2.45, 2.75) is 46.2 Å². The van der Waals surface area contributed by atoms with Crippen molar-refractivity contribution in [3.8, 4) is 0 Å². The van der Waals surface area contributed by atoms with E-state index in [1.807, 2.05) is 54.6 Å². The fourth-order valence-electron chi connectivity index (χ4n) is 2.91. The van der Waals surface area contributed by atoms with E-state index in [-0.39, 0.29) is 11.8 Å². The van der Waals surface area contributed by atoms with E-state index in [0.29, 0.717) is 31.8 Å². The van der Waals surface area contributed by atoms with Crippen molar-refractivity contribution in [2.75, 3.05) is 6.54 Å². The smallest absolute Gasteiger partial charge is 0.242 e. The van der Waals surface area contributed by atoms with Crippen LogP contribution in [0.15, 0.2) is 59.1 Å². The monoisotopic (exact) mass is 444 g/mol. The van der Waals surface area contributed by atoms with Crippen molar-refractivity contribution >= 4 is 27.7 Å². The SMILES string of the molecule is CC(C)CNC(=O)[C@@H](C)N(Cc1cccc(Br)c1)C(=O)CCc1ccccc1. The second kappa shape index (κ2) is 11.0. The third-order valence-corrected chi connectivity index (χ3v) is 5.06. The average Bonchev–Trinajstić information content (AvgIpc) is 2.68. The normalized spacial score (nSPS) is 11.9. The van der Waals surface area contributed by atoms with Gasteiger partial charge in [-0.15, -0.1) is 0 Å². The molecule has 0 aromatic heterocycles. The minimum absolute atomic E-state index is 0.0176. The molecule has 4 nitrogen and oxygen atoms in total. The number of carbonyl (C=O) groups is 2. The molecule has 0 saturated heterocycles. The van der Waals surface area contributed by atoms with Gasteiger partial charge in [0.15, 0.2) is 0 Å². The molecule has 5 heteroatoms. The lowest BCUT2D eigenvalue weighted by molar-refractivity contribution is -0.140. The molecule has 1 N–H and O–H groups in total. The van der Waals surface area contributed by atoms with E-state index >= 15 is 0 Å². The molecular formula is C23H29BrN2O2. The highest BCUT2D eigenvalue weighted by molar-refractivity contribution is 9.10. The highest BCUT2D eigenvalue weighted by Gasteiger charge is 2.26. The number of hydrogen-bond donors (Lipinski definition) is 1. The molecule has 2 rings (SSSR count). The Labute approximate surface area is 176 Å². The summed E-state index contributed by atoms with van der Waals surface area (Å²) in [7, 11) is 0. The van der Waals surface area contributed by atoms with Crippen LogP contribution in [0.5, 0.6) is 0 Å². The van der Waals surface area contributed by atoms with Gasteiger partial charge in [0.2, 0.25) is 11.8 Å². The van der Waals surface area contributed by atoms with E-state index < -0.39 is 6.04 Å². The van der Waals surface area contributed by atoms with Crippen LogP contribution in [-0.4, -0.2) is 29.3 Å². The van der Waals surface area contributed by atoms with Crippen LogP contribution >= 0.6 is 15.9 Å². The van der Waals surface area contributed by atoms with Crippen LogP contribution in [0.3, 0.4) is 0 Å². The van der Waals surface area contributed by atoms with Gasteiger partial charge in [0, 0.05) is 24.0 Å². The molecule has 150 valence electrons. The Morgan fingerprint density at radius 2 is 1.68 bits per heavy atom. The minimum atomic E-state index is -0.527. The van der Waals surface area contributed by atoms with Gasteiger partial charge < -0.3 is 10.2 Å². The Hall–Kier alpha value is -2.14. The van der Waals surface area contributed by atoms with Crippen LogP contribution < -0.4 is 5.32 Å². The van der Waals surface area contributed by atoms with Crippen molar-refractivity contribution < 1.29 is 9.59 Å². The van der Waals surface area contributed by atoms with E-state index in [0.717, 1.165) is 15.6 Å². The highest BCUT2D eigenvalue weighted by Crippen LogP contribution is 2.17. The fraction of sp³-hybridized carbons (Fsp3) is 0.391. The number of aryl methyl sites for hydroxylation is 1. The number of nitrogens with zero attached hydrogens (tertiary/aromatic N) is 1. The van der Waals surface area contributed by atoms with Crippen molar-refractivity contribution in [2.24, 2.45) is 5.92 Å². The van der Waals surface area contributed by atoms with Gasteiger partial charge in [0.1, 0.15) is 6.04 Å². The molecule has 0 radical (unpaired) electrons. The number of hydrogen-bond acceptors (Lipinski definition) is 2. The van der Waals surface area contributed by atoms with Gasteiger partial charge >= 0.3 is 0 Å². The van der Waals surface area contributed by atoms with Crippen molar-refractivity contribution in [1.82, 2.24) is 10.2 Å². The summed E-state index contributed by atoms with van der Waals surface area (Å²) in [6.45, 7) is 6.91. The van der Waals surface area contributed by atoms with Crippen LogP contribution in [-0.2, 0) is 22.6 Å². The molecule has 28 heavy (non-hydrogen) atoms. The molecule has 0 aliphatic heterocycles. The predicted octanol–water partition coefficient (Wildman–Crippen LogP) is 4.57. The van der Waals surface area contributed by atoms with Crippen LogP contribution in [0.25, 0.3) is 0 Å². The lowest BCUT2D eigenvalue weighted by Gasteiger charge is -2.29. The number of amides is 2. The summed E-state index contributed by atoms with van der Waals surface area (Å²) in [5.74, 6) is 0.233. The first-order valence-electron chi connectivity index (χ1n) is 9.72. The maximum atomic E-state index is 13.0. The van der Waals surface area contributed by atoms with E-state index in [1.54, 1.807) is 11.8 Å². The zero-order valence-electron chi connectivity index (χ0n) is 16.8. The summed E-state index contributed by atoms with van der Waals surface area (Å²) in [6.07, 6.45) is 1.04. The summed E-state index contributed by atoms with van der Waals surface area (Å²) in [5, 5.41) is 2.95. The Kier molecular flexibility index (Phi) is 8.71. The van der Waals surface area contributed by atoms with E-state index in [4.69, 9.17) is 0 Å².